The van der Waals surface area contributed by atoms with Crippen molar-refractivity contribution >= 4 is 21.7 Å². The monoisotopic (exact) mass is 315 g/mol. The Morgan fingerprint density at radius 1 is 1.28 bits per heavy atom. The van der Waals surface area contributed by atoms with Crippen molar-refractivity contribution in [2.45, 2.75) is 46.6 Å². The van der Waals surface area contributed by atoms with E-state index in [0.717, 1.165) is 41.2 Å². The summed E-state index contributed by atoms with van der Waals surface area (Å²) in [6.45, 7) is 9.75. The number of hydrogen-bond donors (Lipinski definition) is 1. The summed E-state index contributed by atoms with van der Waals surface area (Å²) in [6.07, 6.45) is 1.86. The van der Waals surface area contributed by atoms with E-state index < -0.39 is 0 Å². The molecule has 0 saturated carbocycles. The second-order valence-corrected chi connectivity index (χ2v) is 4.86. The van der Waals surface area contributed by atoms with Gasteiger partial charge in [-0.05, 0) is 42.6 Å². The molecule has 0 amide bonds. The van der Waals surface area contributed by atoms with Crippen LogP contribution in [0.15, 0.2) is 4.47 Å². The number of nitrogens with one attached hydrogen (secondary N) is 1. The van der Waals surface area contributed by atoms with E-state index in [-0.39, 0.29) is 6.10 Å². The van der Waals surface area contributed by atoms with E-state index in [2.05, 4.69) is 45.1 Å². The lowest BCUT2D eigenvalue weighted by Gasteiger charge is -2.15. The minimum Gasteiger partial charge on any atom is -0.371 e. The number of aryl methyl sites for hydroxylation is 1. The average molecular weight is 316 g/mol. The molecule has 0 aromatic carbocycles. The molecule has 0 aliphatic heterocycles. The van der Waals surface area contributed by atoms with Gasteiger partial charge in [0.2, 0.25) is 0 Å². The molecule has 0 radical (unpaired) electrons. The lowest BCUT2D eigenvalue weighted by atomic mass is 10.3. The van der Waals surface area contributed by atoms with Crippen LogP contribution >= 0.6 is 15.9 Å². The molecular weight excluding hydrogens is 294 g/mol. The maximum atomic E-state index is 5.56. The average Bonchev–Trinajstić information content (AvgIpc) is 2.37. The number of aromatic nitrogens is 2. The quantitative estimate of drug-likeness (QED) is 0.833. The van der Waals surface area contributed by atoms with E-state index in [0.29, 0.717) is 6.61 Å². The normalized spacial score (nSPS) is 12.5. The van der Waals surface area contributed by atoms with Gasteiger partial charge >= 0.3 is 0 Å². The summed E-state index contributed by atoms with van der Waals surface area (Å²) in [5, 5.41) is 3.32. The second-order valence-electron chi connectivity index (χ2n) is 4.07. The van der Waals surface area contributed by atoms with Crippen molar-refractivity contribution in [2.24, 2.45) is 0 Å². The Kier molecular flexibility index (Phi) is 6.57. The maximum absolute atomic E-state index is 5.56. The summed E-state index contributed by atoms with van der Waals surface area (Å²) in [7, 11) is 0. The van der Waals surface area contributed by atoms with Crippen molar-refractivity contribution in [3.8, 4) is 0 Å². The highest BCUT2D eigenvalue weighted by molar-refractivity contribution is 9.10. The fourth-order valence-electron chi connectivity index (χ4n) is 1.61. The molecule has 0 aliphatic carbocycles. The third-order valence-corrected chi connectivity index (χ3v) is 3.43. The highest BCUT2D eigenvalue weighted by atomic mass is 79.9. The summed E-state index contributed by atoms with van der Waals surface area (Å²) >= 11 is 3.57. The Labute approximate surface area is 118 Å². The van der Waals surface area contributed by atoms with E-state index in [1.165, 1.54) is 0 Å². The summed E-state index contributed by atoms with van der Waals surface area (Å²) in [4.78, 5) is 9.10. The lowest BCUT2D eigenvalue weighted by Crippen LogP contribution is -2.12. The molecule has 1 rings (SSSR count). The van der Waals surface area contributed by atoms with Gasteiger partial charge in [-0.1, -0.05) is 13.8 Å². The van der Waals surface area contributed by atoms with Crippen LogP contribution in [0.25, 0.3) is 0 Å². The molecule has 1 heterocycles. The highest BCUT2D eigenvalue weighted by Crippen LogP contribution is 2.26. The van der Waals surface area contributed by atoms with Gasteiger partial charge in [-0.3, -0.25) is 0 Å². The molecule has 0 bridgehead atoms. The second kappa shape index (κ2) is 7.69. The van der Waals surface area contributed by atoms with Crippen LogP contribution in [0.4, 0.5) is 5.82 Å². The van der Waals surface area contributed by atoms with Crippen LogP contribution in [0.3, 0.4) is 0 Å². The summed E-state index contributed by atoms with van der Waals surface area (Å²) < 4.78 is 6.52. The van der Waals surface area contributed by atoms with Gasteiger partial charge in [0.15, 0.2) is 5.82 Å². The SMILES string of the molecule is CCCNc1nc(C(C)OCC)nc(CC)c1Br. The first-order valence-corrected chi connectivity index (χ1v) is 7.35. The molecule has 4 nitrogen and oxygen atoms in total. The molecule has 0 spiro atoms. The van der Waals surface area contributed by atoms with Gasteiger partial charge in [0.1, 0.15) is 11.9 Å². The largest absolute Gasteiger partial charge is 0.371 e. The number of rotatable bonds is 7. The zero-order chi connectivity index (χ0) is 13.5. The fraction of sp³-hybridized carbons (Fsp3) is 0.692. The van der Waals surface area contributed by atoms with E-state index in [9.17, 15) is 0 Å². The minimum atomic E-state index is -0.0735. The Balaban J connectivity index is 3.04. The molecular formula is C13H22BrN3O. The Morgan fingerprint density at radius 2 is 2.00 bits per heavy atom. The number of anilines is 1. The van der Waals surface area contributed by atoms with Crippen molar-refractivity contribution < 1.29 is 4.74 Å². The van der Waals surface area contributed by atoms with Gasteiger partial charge in [-0.25, -0.2) is 9.97 Å². The van der Waals surface area contributed by atoms with Gasteiger partial charge in [0.25, 0.3) is 0 Å². The first-order valence-electron chi connectivity index (χ1n) is 6.55. The van der Waals surface area contributed by atoms with Gasteiger partial charge in [0.05, 0.1) is 10.2 Å². The summed E-state index contributed by atoms with van der Waals surface area (Å²) in [5.74, 6) is 1.61. The van der Waals surface area contributed by atoms with Gasteiger partial charge in [0, 0.05) is 13.2 Å². The molecule has 102 valence electrons. The van der Waals surface area contributed by atoms with Crippen LogP contribution in [-0.2, 0) is 11.2 Å². The Hall–Kier alpha value is -0.680. The summed E-state index contributed by atoms with van der Waals surface area (Å²) in [6, 6.07) is 0. The van der Waals surface area contributed by atoms with Crippen molar-refractivity contribution in [1.82, 2.24) is 9.97 Å². The number of halogens is 1. The van der Waals surface area contributed by atoms with Crippen molar-refractivity contribution in [3.63, 3.8) is 0 Å². The van der Waals surface area contributed by atoms with E-state index in [1.807, 2.05) is 13.8 Å². The Morgan fingerprint density at radius 3 is 2.56 bits per heavy atom. The topological polar surface area (TPSA) is 47.0 Å². The Bertz CT molecular complexity index is 385. The first kappa shape index (κ1) is 15.4. The molecule has 1 atom stereocenters. The highest BCUT2D eigenvalue weighted by Gasteiger charge is 2.15. The van der Waals surface area contributed by atoms with Gasteiger partial charge in [-0.2, -0.15) is 0 Å². The molecule has 18 heavy (non-hydrogen) atoms. The smallest absolute Gasteiger partial charge is 0.159 e. The van der Waals surface area contributed by atoms with E-state index >= 15 is 0 Å². The minimum absolute atomic E-state index is 0.0735. The van der Waals surface area contributed by atoms with Gasteiger partial charge < -0.3 is 10.1 Å². The van der Waals surface area contributed by atoms with E-state index in [4.69, 9.17) is 4.74 Å². The molecule has 0 fully saturated rings. The van der Waals surface area contributed by atoms with Crippen molar-refractivity contribution in [1.29, 1.82) is 0 Å². The van der Waals surface area contributed by atoms with Crippen LogP contribution in [0, 0.1) is 0 Å². The molecule has 0 saturated heterocycles. The van der Waals surface area contributed by atoms with Crippen molar-refractivity contribution in [3.05, 3.63) is 16.0 Å². The van der Waals surface area contributed by atoms with E-state index in [1.54, 1.807) is 0 Å². The standard InChI is InChI=1S/C13H22BrN3O/c1-5-8-15-13-11(14)10(6-2)16-12(17-13)9(4)18-7-3/h9H,5-8H2,1-4H3,(H,15,16,17). The number of hydrogen-bond acceptors (Lipinski definition) is 4. The predicted molar refractivity (Wildman–Crippen MR) is 77.9 cm³/mol. The van der Waals surface area contributed by atoms with Crippen LogP contribution in [0.1, 0.15) is 51.7 Å². The maximum Gasteiger partial charge on any atom is 0.159 e. The van der Waals surface area contributed by atoms with Crippen molar-refractivity contribution in [2.75, 3.05) is 18.5 Å². The van der Waals surface area contributed by atoms with Crippen LogP contribution in [0.2, 0.25) is 0 Å². The molecule has 5 heteroatoms. The van der Waals surface area contributed by atoms with Crippen LogP contribution in [-0.4, -0.2) is 23.1 Å². The number of nitrogens with zero attached hydrogens (tertiary/aromatic N) is 2. The molecule has 1 aromatic rings. The third kappa shape index (κ3) is 3.92. The zero-order valence-electron chi connectivity index (χ0n) is 11.6. The number of ether oxygens (including phenoxy) is 1. The molecule has 1 unspecified atom stereocenters. The summed E-state index contributed by atoms with van der Waals surface area (Å²) in [5.41, 5.74) is 1.02. The predicted octanol–water partition coefficient (Wildman–Crippen LogP) is 3.72. The lowest BCUT2D eigenvalue weighted by molar-refractivity contribution is 0.0699. The van der Waals surface area contributed by atoms with Gasteiger partial charge in [-0.15, -0.1) is 0 Å². The zero-order valence-corrected chi connectivity index (χ0v) is 13.2. The molecule has 0 aliphatic rings. The molecule has 1 aromatic heterocycles. The third-order valence-electron chi connectivity index (χ3n) is 2.59. The van der Waals surface area contributed by atoms with Crippen LogP contribution in [0.5, 0.6) is 0 Å². The fourth-order valence-corrected chi connectivity index (χ4v) is 2.21. The first-order chi connectivity index (χ1) is 8.63. The van der Waals surface area contributed by atoms with Crippen LogP contribution < -0.4 is 5.32 Å². The molecule has 1 N–H and O–H groups in total.